The molecule has 0 radical (unpaired) electrons. The van der Waals surface area contributed by atoms with E-state index in [0.717, 1.165) is 36.2 Å². The number of para-hydroxylation sites is 2. The molecule has 1 atom stereocenters. The number of ketones is 1. The van der Waals surface area contributed by atoms with Gasteiger partial charge in [-0.1, -0.05) is 12.1 Å². The number of nitrogens with zero attached hydrogens (tertiary/aromatic N) is 3. The van der Waals surface area contributed by atoms with E-state index >= 15 is 0 Å². The number of ether oxygens (including phenoxy) is 1. The number of aromatic amines is 1. The highest BCUT2D eigenvalue weighted by atomic mass is 16.5. The zero-order valence-electron chi connectivity index (χ0n) is 15.6. The van der Waals surface area contributed by atoms with Gasteiger partial charge in [0.25, 0.3) is 0 Å². The number of hydrogen-bond donors (Lipinski definition) is 2. The van der Waals surface area contributed by atoms with Crippen LogP contribution < -0.4 is 10.1 Å². The Balaban J connectivity index is 1.36. The topological polar surface area (TPSA) is 92.8 Å². The van der Waals surface area contributed by atoms with E-state index in [9.17, 15) is 4.79 Å². The van der Waals surface area contributed by atoms with Crippen molar-refractivity contribution in [3.8, 4) is 11.6 Å². The van der Waals surface area contributed by atoms with Crippen molar-refractivity contribution in [2.75, 3.05) is 13.1 Å². The van der Waals surface area contributed by atoms with Gasteiger partial charge in [-0.05, 0) is 49.4 Å². The van der Waals surface area contributed by atoms with Crippen molar-refractivity contribution in [3.05, 3.63) is 78.0 Å². The van der Waals surface area contributed by atoms with E-state index in [0.29, 0.717) is 28.9 Å². The molecule has 2 aromatic carbocycles. The first-order chi connectivity index (χ1) is 14.3. The van der Waals surface area contributed by atoms with Crippen LogP contribution in [0.25, 0.3) is 11.0 Å². The van der Waals surface area contributed by atoms with E-state index in [1.54, 1.807) is 36.7 Å². The van der Waals surface area contributed by atoms with Gasteiger partial charge in [0.05, 0.1) is 11.0 Å². The van der Waals surface area contributed by atoms with Crippen molar-refractivity contribution in [2.45, 2.75) is 12.3 Å². The van der Waals surface area contributed by atoms with Crippen LogP contribution >= 0.6 is 0 Å². The maximum atomic E-state index is 12.7. The molecule has 0 spiro atoms. The number of carbonyl (C=O) groups is 1. The fourth-order valence-corrected chi connectivity index (χ4v) is 3.57. The molecular weight excluding hydrogens is 366 g/mol. The average molecular weight is 385 g/mol. The van der Waals surface area contributed by atoms with Crippen LogP contribution in [0.15, 0.2) is 60.9 Å². The summed E-state index contributed by atoms with van der Waals surface area (Å²) in [6.07, 6.45) is 4.33. The Morgan fingerprint density at radius 2 is 1.86 bits per heavy atom. The Kier molecular flexibility index (Phi) is 4.50. The Bertz CT molecular complexity index is 1130. The van der Waals surface area contributed by atoms with Gasteiger partial charge >= 0.3 is 0 Å². The van der Waals surface area contributed by atoms with Crippen LogP contribution in [0, 0.1) is 0 Å². The molecule has 2 aromatic heterocycles. The first kappa shape index (κ1) is 17.5. The van der Waals surface area contributed by atoms with Crippen LogP contribution in [0.1, 0.15) is 34.2 Å². The Morgan fingerprint density at radius 1 is 1.03 bits per heavy atom. The molecule has 0 amide bonds. The van der Waals surface area contributed by atoms with Crippen LogP contribution in [0.5, 0.6) is 11.6 Å². The smallest absolute Gasteiger partial charge is 0.241 e. The van der Waals surface area contributed by atoms with Gasteiger partial charge in [-0.2, -0.15) is 0 Å². The Labute approximate surface area is 167 Å². The molecule has 0 bridgehead atoms. The van der Waals surface area contributed by atoms with Crippen LogP contribution in [-0.4, -0.2) is 38.8 Å². The molecule has 3 heterocycles. The SMILES string of the molecule is O=C(c1ccc(Oc2nccnc2C2CCNC2)cc1)c1nc2ccccc2[nH]1. The summed E-state index contributed by atoms with van der Waals surface area (Å²) in [7, 11) is 0. The second-order valence-corrected chi connectivity index (χ2v) is 6.99. The third-order valence-electron chi connectivity index (χ3n) is 5.07. The first-order valence-electron chi connectivity index (χ1n) is 9.57. The van der Waals surface area contributed by atoms with E-state index in [1.165, 1.54) is 0 Å². The molecule has 0 saturated carbocycles. The Hall–Kier alpha value is -3.58. The number of H-pyrrole nitrogens is 1. The van der Waals surface area contributed by atoms with Crippen molar-refractivity contribution in [1.82, 2.24) is 25.3 Å². The van der Waals surface area contributed by atoms with Gasteiger partial charge in [0.1, 0.15) is 11.4 Å². The highest BCUT2D eigenvalue weighted by molar-refractivity contribution is 6.08. The molecule has 1 aliphatic heterocycles. The average Bonchev–Trinajstić information content (AvgIpc) is 3.44. The number of nitrogens with one attached hydrogen (secondary N) is 2. The minimum atomic E-state index is -0.162. The summed E-state index contributed by atoms with van der Waals surface area (Å²) in [6, 6.07) is 14.6. The molecule has 144 valence electrons. The number of rotatable bonds is 5. The standard InChI is InChI=1S/C22H19N5O2/c28-20(21-26-17-3-1-2-4-18(17)27-21)14-5-7-16(8-6-14)29-22-19(24-11-12-25-22)15-9-10-23-13-15/h1-8,11-12,15,23H,9-10,13H2,(H,26,27). The lowest BCUT2D eigenvalue weighted by atomic mass is 10.1. The van der Waals surface area contributed by atoms with Gasteiger partial charge in [0.15, 0.2) is 5.82 Å². The summed E-state index contributed by atoms with van der Waals surface area (Å²) in [6.45, 7) is 1.85. The number of hydrogen-bond acceptors (Lipinski definition) is 6. The number of fused-ring (bicyclic) bond motifs is 1. The van der Waals surface area contributed by atoms with Gasteiger partial charge in [-0.3, -0.25) is 9.78 Å². The molecule has 1 unspecified atom stereocenters. The third-order valence-corrected chi connectivity index (χ3v) is 5.07. The molecule has 4 aromatic rings. The molecule has 1 fully saturated rings. The summed E-state index contributed by atoms with van der Waals surface area (Å²) >= 11 is 0. The third kappa shape index (κ3) is 3.48. The lowest BCUT2D eigenvalue weighted by Gasteiger charge is -2.13. The van der Waals surface area contributed by atoms with Crippen LogP contribution in [0.4, 0.5) is 0 Å². The van der Waals surface area contributed by atoms with Crippen molar-refractivity contribution in [3.63, 3.8) is 0 Å². The van der Waals surface area contributed by atoms with Crippen molar-refractivity contribution in [1.29, 1.82) is 0 Å². The highest BCUT2D eigenvalue weighted by Crippen LogP contribution is 2.30. The number of carbonyl (C=O) groups excluding carboxylic acids is 1. The van der Waals surface area contributed by atoms with Crippen LogP contribution in [0.3, 0.4) is 0 Å². The summed E-state index contributed by atoms with van der Waals surface area (Å²) in [5.74, 6) is 1.58. The predicted octanol–water partition coefficient (Wildman–Crippen LogP) is 3.45. The van der Waals surface area contributed by atoms with Crippen molar-refractivity contribution in [2.24, 2.45) is 0 Å². The fraction of sp³-hybridized carbons (Fsp3) is 0.182. The van der Waals surface area contributed by atoms with Crippen molar-refractivity contribution >= 4 is 16.8 Å². The monoisotopic (exact) mass is 385 g/mol. The fourth-order valence-electron chi connectivity index (χ4n) is 3.57. The second-order valence-electron chi connectivity index (χ2n) is 6.99. The molecule has 7 heteroatoms. The molecule has 5 rings (SSSR count). The lowest BCUT2D eigenvalue weighted by Crippen LogP contribution is -2.10. The molecule has 2 N–H and O–H groups in total. The molecule has 1 saturated heterocycles. The zero-order valence-corrected chi connectivity index (χ0v) is 15.6. The summed E-state index contributed by atoms with van der Waals surface area (Å²) in [4.78, 5) is 29.0. The number of aromatic nitrogens is 4. The quantitative estimate of drug-likeness (QED) is 0.511. The molecule has 29 heavy (non-hydrogen) atoms. The van der Waals surface area contributed by atoms with E-state index in [4.69, 9.17) is 4.74 Å². The van der Waals surface area contributed by atoms with Gasteiger partial charge in [0, 0.05) is 30.4 Å². The number of benzene rings is 2. The predicted molar refractivity (Wildman–Crippen MR) is 108 cm³/mol. The molecule has 1 aliphatic rings. The minimum absolute atomic E-state index is 0.162. The van der Waals surface area contributed by atoms with E-state index < -0.39 is 0 Å². The van der Waals surface area contributed by atoms with Gasteiger partial charge in [0.2, 0.25) is 11.7 Å². The van der Waals surface area contributed by atoms with Crippen molar-refractivity contribution < 1.29 is 9.53 Å². The number of imidazole rings is 1. The van der Waals surface area contributed by atoms with E-state index in [2.05, 4.69) is 25.3 Å². The highest BCUT2D eigenvalue weighted by Gasteiger charge is 2.23. The summed E-state index contributed by atoms with van der Waals surface area (Å²) in [5, 5.41) is 3.34. The second kappa shape index (κ2) is 7.44. The van der Waals surface area contributed by atoms with Gasteiger partial charge in [-0.15, -0.1) is 0 Å². The Morgan fingerprint density at radius 3 is 2.66 bits per heavy atom. The molecule has 7 nitrogen and oxygen atoms in total. The molecule has 0 aliphatic carbocycles. The maximum absolute atomic E-state index is 12.7. The summed E-state index contributed by atoms with van der Waals surface area (Å²) < 4.78 is 5.97. The summed E-state index contributed by atoms with van der Waals surface area (Å²) in [5.41, 5.74) is 3.01. The van der Waals surface area contributed by atoms with E-state index in [-0.39, 0.29) is 5.78 Å². The van der Waals surface area contributed by atoms with Crippen LogP contribution in [-0.2, 0) is 0 Å². The lowest BCUT2D eigenvalue weighted by molar-refractivity contribution is 0.103. The van der Waals surface area contributed by atoms with E-state index in [1.807, 2.05) is 24.3 Å². The van der Waals surface area contributed by atoms with Gasteiger partial charge in [-0.25, -0.2) is 9.97 Å². The minimum Gasteiger partial charge on any atom is -0.437 e. The van der Waals surface area contributed by atoms with Gasteiger partial charge < -0.3 is 15.0 Å². The maximum Gasteiger partial charge on any atom is 0.241 e. The largest absolute Gasteiger partial charge is 0.437 e. The first-order valence-corrected chi connectivity index (χ1v) is 9.57. The molecular formula is C22H19N5O2. The van der Waals surface area contributed by atoms with Crippen LogP contribution in [0.2, 0.25) is 0 Å². The normalized spacial score (nSPS) is 16.2. The zero-order chi connectivity index (χ0) is 19.6.